The lowest BCUT2D eigenvalue weighted by Crippen LogP contribution is -2.22. The second kappa shape index (κ2) is 6.56. The monoisotopic (exact) mass is 285 g/mol. The SMILES string of the molecule is COC(=O)c1ccc(CNC(=O)c2cccc(O)c2)cc1. The molecule has 1 amide bonds. The first-order valence-corrected chi connectivity index (χ1v) is 6.34. The second-order valence-electron chi connectivity index (χ2n) is 4.42. The molecular weight excluding hydrogens is 270 g/mol. The van der Waals surface area contributed by atoms with Crippen LogP contribution >= 0.6 is 0 Å². The first-order valence-electron chi connectivity index (χ1n) is 6.34. The predicted molar refractivity (Wildman–Crippen MR) is 77.1 cm³/mol. The van der Waals surface area contributed by atoms with Crippen molar-refractivity contribution in [2.45, 2.75) is 6.54 Å². The van der Waals surface area contributed by atoms with Gasteiger partial charge in [-0.15, -0.1) is 0 Å². The van der Waals surface area contributed by atoms with Crippen molar-refractivity contribution in [3.8, 4) is 5.75 Å². The summed E-state index contributed by atoms with van der Waals surface area (Å²) >= 11 is 0. The van der Waals surface area contributed by atoms with Crippen LogP contribution in [0.3, 0.4) is 0 Å². The Morgan fingerprint density at radius 2 is 1.81 bits per heavy atom. The van der Waals surface area contributed by atoms with Gasteiger partial charge in [-0.25, -0.2) is 4.79 Å². The van der Waals surface area contributed by atoms with Crippen LogP contribution in [0.25, 0.3) is 0 Å². The minimum Gasteiger partial charge on any atom is -0.508 e. The van der Waals surface area contributed by atoms with E-state index in [0.717, 1.165) is 5.56 Å². The van der Waals surface area contributed by atoms with Gasteiger partial charge in [0.1, 0.15) is 5.75 Å². The molecule has 0 aromatic heterocycles. The Morgan fingerprint density at radius 3 is 2.43 bits per heavy atom. The molecule has 2 rings (SSSR count). The summed E-state index contributed by atoms with van der Waals surface area (Å²) in [6.07, 6.45) is 0. The first kappa shape index (κ1) is 14.6. The number of nitrogens with one attached hydrogen (secondary N) is 1. The Kier molecular flexibility index (Phi) is 4.56. The molecule has 0 radical (unpaired) electrons. The maximum atomic E-state index is 11.9. The Morgan fingerprint density at radius 1 is 1.10 bits per heavy atom. The molecular formula is C16H15NO4. The zero-order valence-electron chi connectivity index (χ0n) is 11.5. The molecule has 0 bridgehead atoms. The van der Waals surface area contributed by atoms with E-state index in [0.29, 0.717) is 17.7 Å². The summed E-state index contributed by atoms with van der Waals surface area (Å²) in [7, 11) is 1.33. The summed E-state index contributed by atoms with van der Waals surface area (Å²) in [5, 5.41) is 12.1. The molecule has 0 heterocycles. The predicted octanol–water partition coefficient (Wildman–Crippen LogP) is 2.11. The molecule has 0 fully saturated rings. The zero-order chi connectivity index (χ0) is 15.2. The molecule has 0 unspecified atom stereocenters. The van der Waals surface area contributed by atoms with Crippen LogP contribution in [0.15, 0.2) is 48.5 Å². The number of carbonyl (C=O) groups is 2. The highest BCUT2D eigenvalue weighted by atomic mass is 16.5. The Labute approximate surface area is 122 Å². The van der Waals surface area contributed by atoms with Crippen LogP contribution in [0.5, 0.6) is 5.75 Å². The molecule has 2 aromatic carbocycles. The molecule has 5 nitrogen and oxygen atoms in total. The fourth-order valence-electron chi connectivity index (χ4n) is 1.81. The van der Waals surface area contributed by atoms with Gasteiger partial charge in [-0.2, -0.15) is 0 Å². The molecule has 2 aromatic rings. The number of methoxy groups -OCH3 is 1. The molecule has 21 heavy (non-hydrogen) atoms. The smallest absolute Gasteiger partial charge is 0.337 e. The van der Waals surface area contributed by atoms with Gasteiger partial charge in [0, 0.05) is 12.1 Å². The number of hydrogen-bond donors (Lipinski definition) is 2. The largest absolute Gasteiger partial charge is 0.508 e. The van der Waals surface area contributed by atoms with E-state index in [2.05, 4.69) is 10.1 Å². The molecule has 2 N–H and O–H groups in total. The molecule has 0 saturated heterocycles. The van der Waals surface area contributed by atoms with Gasteiger partial charge in [-0.1, -0.05) is 18.2 Å². The number of phenols is 1. The average Bonchev–Trinajstić information content (AvgIpc) is 2.52. The van der Waals surface area contributed by atoms with E-state index in [1.165, 1.54) is 19.2 Å². The number of amides is 1. The minimum atomic E-state index is -0.398. The van der Waals surface area contributed by atoms with Gasteiger partial charge in [0.05, 0.1) is 12.7 Å². The van der Waals surface area contributed by atoms with Crippen LogP contribution in [-0.4, -0.2) is 24.1 Å². The first-order chi connectivity index (χ1) is 10.1. The van der Waals surface area contributed by atoms with E-state index in [1.54, 1.807) is 36.4 Å². The van der Waals surface area contributed by atoms with Crippen LogP contribution in [0.1, 0.15) is 26.3 Å². The number of ether oxygens (including phenoxy) is 1. The maximum Gasteiger partial charge on any atom is 0.337 e. The third-order valence-corrected chi connectivity index (χ3v) is 2.94. The quantitative estimate of drug-likeness (QED) is 0.844. The van der Waals surface area contributed by atoms with Crippen LogP contribution in [0, 0.1) is 0 Å². The fraction of sp³-hybridized carbons (Fsp3) is 0.125. The molecule has 0 spiro atoms. The zero-order valence-corrected chi connectivity index (χ0v) is 11.5. The molecule has 0 saturated carbocycles. The number of benzene rings is 2. The lowest BCUT2D eigenvalue weighted by molar-refractivity contribution is 0.0600. The van der Waals surface area contributed by atoms with Gasteiger partial charge < -0.3 is 15.2 Å². The van der Waals surface area contributed by atoms with Gasteiger partial charge >= 0.3 is 5.97 Å². The van der Waals surface area contributed by atoms with E-state index in [4.69, 9.17) is 0 Å². The number of phenolic OH excluding ortho intramolecular Hbond substituents is 1. The number of rotatable bonds is 4. The fourth-order valence-corrected chi connectivity index (χ4v) is 1.81. The summed E-state index contributed by atoms with van der Waals surface area (Å²) in [5.41, 5.74) is 1.71. The molecule has 0 atom stereocenters. The van der Waals surface area contributed by atoms with Crippen LogP contribution in [-0.2, 0) is 11.3 Å². The third kappa shape index (κ3) is 3.82. The van der Waals surface area contributed by atoms with Gasteiger partial charge in [0.2, 0.25) is 0 Å². The lowest BCUT2D eigenvalue weighted by Gasteiger charge is -2.06. The third-order valence-electron chi connectivity index (χ3n) is 2.94. The number of aromatic hydroxyl groups is 1. The van der Waals surface area contributed by atoms with Crippen molar-refractivity contribution in [1.82, 2.24) is 5.32 Å². The van der Waals surface area contributed by atoms with Crippen molar-refractivity contribution < 1.29 is 19.4 Å². The Balaban J connectivity index is 1.97. The van der Waals surface area contributed by atoms with Gasteiger partial charge in [-0.05, 0) is 35.9 Å². The van der Waals surface area contributed by atoms with Crippen molar-refractivity contribution in [1.29, 1.82) is 0 Å². The van der Waals surface area contributed by atoms with Crippen LogP contribution in [0.4, 0.5) is 0 Å². The van der Waals surface area contributed by atoms with Crippen molar-refractivity contribution >= 4 is 11.9 Å². The Bertz CT molecular complexity index is 650. The molecule has 0 aliphatic heterocycles. The summed E-state index contributed by atoms with van der Waals surface area (Å²) in [4.78, 5) is 23.2. The summed E-state index contributed by atoms with van der Waals surface area (Å²) in [5.74, 6) is -0.627. The van der Waals surface area contributed by atoms with Crippen LogP contribution < -0.4 is 5.32 Å². The van der Waals surface area contributed by atoms with E-state index in [1.807, 2.05) is 0 Å². The van der Waals surface area contributed by atoms with Crippen molar-refractivity contribution in [3.63, 3.8) is 0 Å². The van der Waals surface area contributed by atoms with E-state index >= 15 is 0 Å². The van der Waals surface area contributed by atoms with Crippen molar-refractivity contribution in [3.05, 3.63) is 65.2 Å². The molecule has 0 aliphatic carbocycles. The topological polar surface area (TPSA) is 75.6 Å². The lowest BCUT2D eigenvalue weighted by atomic mass is 10.1. The number of esters is 1. The minimum absolute atomic E-state index is 0.0464. The second-order valence-corrected chi connectivity index (χ2v) is 4.42. The normalized spacial score (nSPS) is 9.95. The van der Waals surface area contributed by atoms with Gasteiger partial charge in [-0.3, -0.25) is 4.79 Å². The standard InChI is InChI=1S/C16H15NO4/c1-21-16(20)12-7-5-11(6-8-12)10-17-15(19)13-3-2-4-14(18)9-13/h2-9,18H,10H2,1H3,(H,17,19). The van der Waals surface area contributed by atoms with E-state index < -0.39 is 5.97 Å². The van der Waals surface area contributed by atoms with Crippen LogP contribution in [0.2, 0.25) is 0 Å². The average molecular weight is 285 g/mol. The Hall–Kier alpha value is -2.82. The summed E-state index contributed by atoms with van der Waals surface area (Å²) in [6, 6.07) is 12.9. The summed E-state index contributed by atoms with van der Waals surface area (Å²) < 4.78 is 4.61. The number of carbonyl (C=O) groups excluding carboxylic acids is 2. The summed E-state index contributed by atoms with van der Waals surface area (Å²) in [6.45, 7) is 0.329. The van der Waals surface area contributed by atoms with Gasteiger partial charge in [0.25, 0.3) is 5.91 Å². The highest BCUT2D eigenvalue weighted by molar-refractivity contribution is 5.94. The molecule has 108 valence electrons. The van der Waals surface area contributed by atoms with E-state index in [9.17, 15) is 14.7 Å². The molecule has 0 aliphatic rings. The number of hydrogen-bond acceptors (Lipinski definition) is 4. The highest BCUT2D eigenvalue weighted by Gasteiger charge is 2.07. The van der Waals surface area contributed by atoms with Crippen molar-refractivity contribution in [2.24, 2.45) is 0 Å². The van der Waals surface area contributed by atoms with Gasteiger partial charge in [0.15, 0.2) is 0 Å². The maximum absolute atomic E-state index is 11.9. The molecule has 5 heteroatoms. The highest BCUT2D eigenvalue weighted by Crippen LogP contribution is 2.11. The van der Waals surface area contributed by atoms with E-state index in [-0.39, 0.29) is 11.7 Å². The van der Waals surface area contributed by atoms with Crippen molar-refractivity contribution in [2.75, 3.05) is 7.11 Å².